The van der Waals surface area contributed by atoms with Crippen LogP contribution in [0.2, 0.25) is 0 Å². The zero-order valence-electron chi connectivity index (χ0n) is 14.1. The number of amides is 1. The van der Waals surface area contributed by atoms with Crippen LogP contribution in [-0.4, -0.2) is 45.2 Å². The zero-order valence-corrected chi connectivity index (χ0v) is 14.1. The topological polar surface area (TPSA) is 51.1 Å². The van der Waals surface area contributed by atoms with Crippen molar-refractivity contribution in [3.63, 3.8) is 0 Å². The quantitative estimate of drug-likeness (QED) is 0.834. The summed E-state index contributed by atoms with van der Waals surface area (Å²) in [6.45, 7) is 4.23. The van der Waals surface area contributed by atoms with Gasteiger partial charge >= 0.3 is 5.97 Å². The third-order valence-electron chi connectivity index (χ3n) is 5.11. The van der Waals surface area contributed by atoms with Crippen molar-refractivity contribution >= 4 is 17.6 Å². The summed E-state index contributed by atoms with van der Waals surface area (Å²) in [5.41, 5.74) is 3.56. The van der Waals surface area contributed by atoms with E-state index in [0.29, 0.717) is 5.92 Å². The molecule has 5 heteroatoms. The Hall–Kier alpha value is -1.88. The number of carbonyl (C=O) groups is 2. The molecule has 2 aliphatic rings. The van der Waals surface area contributed by atoms with Gasteiger partial charge < -0.3 is 14.5 Å². The van der Waals surface area contributed by atoms with Gasteiger partial charge in [0.2, 0.25) is 5.91 Å². The first kappa shape index (κ1) is 16.0. The maximum absolute atomic E-state index is 12.8. The van der Waals surface area contributed by atoms with Crippen LogP contribution in [0, 0.1) is 6.92 Å². The van der Waals surface area contributed by atoms with E-state index in [1.165, 1.54) is 23.1 Å². The first-order chi connectivity index (χ1) is 11.0. The molecule has 1 N–H and O–H groups in total. The van der Waals surface area contributed by atoms with Gasteiger partial charge in [0.1, 0.15) is 0 Å². The Kier molecular flexibility index (Phi) is 4.39. The van der Waals surface area contributed by atoms with Crippen LogP contribution in [0.3, 0.4) is 0 Å². The summed E-state index contributed by atoms with van der Waals surface area (Å²) in [5, 5.41) is 0. The molecule has 0 aromatic heterocycles. The van der Waals surface area contributed by atoms with E-state index in [4.69, 9.17) is 0 Å². The summed E-state index contributed by atoms with van der Waals surface area (Å²) >= 11 is 0. The van der Waals surface area contributed by atoms with Crippen LogP contribution in [0.5, 0.6) is 0 Å². The number of likely N-dealkylation sites (tertiary alicyclic amines) is 1. The van der Waals surface area contributed by atoms with Gasteiger partial charge in [0, 0.05) is 18.5 Å². The van der Waals surface area contributed by atoms with Crippen LogP contribution in [0.1, 0.15) is 36.3 Å². The number of fused-ring (bicyclic) bond motifs is 3. The van der Waals surface area contributed by atoms with Crippen molar-refractivity contribution in [2.45, 2.75) is 38.1 Å². The number of piperidine rings is 1. The van der Waals surface area contributed by atoms with E-state index >= 15 is 0 Å². The Bertz CT molecular complexity index is 629. The van der Waals surface area contributed by atoms with E-state index in [1.54, 1.807) is 0 Å². The minimum Gasteiger partial charge on any atom is -0.469 e. The van der Waals surface area contributed by atoms with Gasteiger partial charge in [0.15, 0.2) is 0 Å². The number of hydrogen-bond acceptors (Lipinski definition) is 3. The minimum atomic E-state index is -0.328. The predicted octanol–water partition coefficient (Wildman–Crippen LogP) is 0.665. The van der Waals surface area contributed by atoms with Crippen molar-refractivity contribution in [2.24, 2.45) is 0 Å². The van der Waals surface area contributed by atoms with E-state index in [-0.39, 0.29) is 30.8 Å². The van der Waals surface area contributed by atoms with E-state index in [2.05, 4.69) is 36.9 Å². The van der Waals surface area contributed by atoms with Gasteiger partial charge in [0.05, 0.1) is 45.6 Å². The number of rotatable bonds is 3. The van der Waals surface area contributed by atoms with E-state index in [9.17, 15) is 9.59 Å². The van der Waals surface area contributed by atoms with Crippen molar-refractivity contribution in [3.8, 4) is 0 Å². The maximum Gasteiger partial charge on any atom is 0.306 e. The van der Waals surface area contributed by atoms with E-state index in [1.807, 2.05) is 4.90 Å². The van der Waals surface area contributed by atoms with Gasteiger partial charge in [-0.1, -0.05) is 17.7 Å². The lowest BCUT2D eigenvalue weighted by molar-refractivity contribution is -0.886. The van der Waals surface area contributed by atoms with Gasteiger partial charge in [0.25, 0.3) is 0 Å². The number of anilines is 1. The molecule has 2 aliphatic heterocycles. The lowest BCUT2D eigenvalue weighted by atomic mass is 9.89. The Balaban J connectivity index is 1.88. The zero-order chi connectivity index (χ0) is 16.6. The summed E-state index contributed by atoms with van der Waals surface area (Å²) in [5.74, 6) is 0.110. The molecule has 23 heavy (non-hydrogen) atoms. The first-order valence-electron chi connectivity index (χ1n) is 8.32. The maximum atomic E-state index is 12.8. The number of methoxy groups -OCH3 is 1. The van der Waals surface area contributed by atoms with E-state index in [0.717, 1.165) is 25.2 Å². The number of esters is 1. The SMILES string of the molecule is COC(=O)CCC(=O)N1c2ccc(C)cc2[C@@H]2C[NH+](C)CC[C@H]21. The number of aryl methyl sites for hydroxylation is 1. The summed E-state index contributed by atoms with van der Waals surface area (Å²) in [6, 6.07) is 6.58. The molecule has 124 valence electrons. The molecule has 1 amide bonds. The standard InChI is InChI=1S/C18H24N2O3/c1-12-4-5-15-13(10-12)14-11-19(2)9-8-16(14)20(15)17(21)6-7-18(22)23-3/h4-5,10,14,16H,6-9,11H2,1-3H3/p+1/t14-,16+/m0/s1. The molecule has 0 aliphatic carbocycles. The molecule has 0 spiro atoms. The number of nitrogens with one attached hydrogen (secondary N) is 1. The molecule has 0 bridgehead atoms. The van der Waals surface area contributed by atoms with Crippen molar-refractivity contribution in [2.75, 3.05) is 32.1 Å². The smallest absolute Gasteiger partial charge is 0.306 e. The highest BCUT2D eigenvalue weighted by atomic mass is 16.5. The number of quaternary nitrogens is 1. The first-order valence-corrected chi connectivity index (χ1v) is 8.32. The lowest BCUT2D eigenvalue weighted by Crippen LogP contribution is -3.11. The van der Waals surface area contributed by atoms with Gasteiger partial charge in [-0.2, -0.15) is 0 Å². The van der Waals surface area contributed by atoms with Crippen LogP contribution in [0.4, 0.5) is 5.69 Å². The molecule has 3 rings (SSSR count). The summed E-state index contributed by atoms with van der Waals surface area (Å²) in [7, 11) is 3.57. The third kappa shape index (κ3) is 2.98. The number of carbonyl (C=O) groups excluding carboxylic acids is 2. The molecule has 0 saturated carbocycles. The van der Waals surface area contributed by atoms with Crippen LogP contribution < -0.4 is 9.80 Å². The highest BCUT2D eigenvalue weighted by Crippen LogP contribution is 2.43. The average molecular weight is 317 g/mol. The Morgan fingerprint density at radius 1 is 1.35 bits per heavy atom. The molecular weight excluding hydrogens is 292 g/mol. The Morgan fingerprint density at radius 3 is 2.87 bits per heavy atom. The van der Waals surface area contributed by atoms with Crippen molar-refractivity contribution < 1.29 is 19.2 Å². The summed E-state index contributed by atoms with van der Waals surface area (Å²) < 4.78 is 4.66. The number of hydrogen-bond donors (Lipinski definition) is 1. The van der Waals surface area contributed by atoms with Gasteiger partial charge in [-0.15, -0.1) is 0 Å². The van der Waals surface area contributed by atoms with Crippen molar-refractivity contribution in [1.82, 2.24) is 0 Å². The molecule has 1 aromatic carbocycles. The molecule has 1 aromatic rings. The van der Waals surface area contributed by atoms with Gasteiger partial charge in [-0.3, -0.25) is 9.59 Å². The fourth-order valence-corrected chi connectivity index (χ4v) is 3.96. The van der Waals surface area contributed by atoms with Crippen LogP contribution in [-0.2, 0) is 14.3 Å². The molecule has 1 saturated heterocycles. The highest BCUT2D eigenvalue weighted by Gasteiger charge is 2.45. The molecule has 5 nitrogen and oxygen atoms in total. The molecular formula is C18H25N2O3+. The molecule has 1 fully saturated rings. The minimum absolute atomic E-state index is 0.0348. The van der Waals surface area contributed by atoms with Crippen LogP contribution in [0.25, 0.3) is 0 Å². The number of ether oxygens (including phenoxy) is 1. The highest BCUT2D eigenvalue weighted by molar-refractivity contribution is 5.98. The van der Waals surface area contributed by atoms with Gasteiger partial charge in [-0.05, 0) is 18.6 Å². The number of nitrogens with zero attached hydrogens (tertiary/aromatic N) is 1. The second kappa shape index (κ2) is 6.32. The predicted molar refractivity (Wildman–Crippen MR) is 87.7 cm³/mol. The Morgan fingerprint density at radius 2 is 2.13 bits per heavy atom. The molecule has 1 unspecified atom stereocenters. The lowest BCUT2D eigenvalue weighted by Gasteiger charge is -2.34. The van der Waals surface area contributed by atoms with Crippen molar-refractivity contribution in [3.05, 3.63) is 29.3 Å². The van der Waals surface area contributed by atoms with E-state index < -0.39 is 0 Å². The average Bonchev–Trinajstić information content (AvgIpc) is 2.85. The fourth-order valence-electron chi connectivity index (χ4n) is 3.96. The number of likely N-dealkylation sites (N-methyl/N-ethyl adjacent to an activating group) is 1. The summed E-state index contributed by atoms with van der Waals surface area (Å²) in [4.78, 5) is 27.6. The van der Waals surface area contributed by atoms with Crippen molar-refractivity contribution in [1.29, 1.82) is 0 Å². The van der Waals surface area contributed by atoms with Crippen LogP contribution in [0.15, 0.2) is 18.2 Å². The number of benzene rings is 1. The second-order valence-corrected chi connectivity index (χ2v) is 6.78. The second-order valence-electron chi connectivity index (χ2n) is 6.78. The molecule has 2 heterocycles. The fraction of sp³-hybridized carbons (Fsp3) is 0.556. The molecule has 3 atom stereocenters. The normalized spacial score (nSPS) is 25.7. The summed E-state index contributed by atoms with van der Waals surface area (Å²) in [6.07, 6.45) is 1.37. The molecule has 0 radical (unpaired) electrons. The Labute approximate surface area is 137 Å². The largest absolute Gasteiger partial charge is 0.469 e. The van der Waals surface area contributed by atoms with Crippen LogP contribution >= 0.6 is 0 Å². The third-order valence-corrected chi connectivity index (χ3v) is 5.11. The monoisotopic (exact) mass is 317 g/mol. The van der Waals surface area contributed by atoms with Gasteiger partial charge in [-0.25, -0.2) is 0 Å².